The maximum Gasteiger partial charge on any atom is 0.211 e. The summed E-state index contributed by atoms with van der Waals surface area (Å²) in [6, 6.07) is 3.94. The fraction of sp³-hybridized carbons (Fsp3) is 0.688. The van der Waals surface area contributed by atoms with Crippen molar-refractivity contribution in [2.45, 2.75) is 45.3 Å². The number of sulfonamides is 1. The second kappa shape index (κ2) is 8.61. The molecule has 2 rings (SSSR count). The van der Waals surface area contributed by atoms with E-state index >= 15 is 0 Å². The van der Waals surface area contributed by atoms with E-state index in [1.165, 1.54) is 0 Å². The highest BCUT2D eigenvalue weighted by atomic mass is 32.2. The van der Waals surface area contributed by atoms with Gasteiger partial charge in [0, 0.05) is 38.1 Å². The summed E-state index contributed by atoms with van der Waals surface area (Å²) >= 11 is 0. The highest BCUT2D eigenvalue weighted by molar-refractivity contribution is 7.89. The molecule has 0 amide bonds. The maximum absolute atomic E-state index is 11.7. The first-order valence-corrected chi connectivity index (χ1v) is 9.93. The van der Waals surface area contributed by atoms with Crippen molar-refractivity contribution in [3.63, 3.8) is 0 Å². The molecule has 1 N–H and O–H groups in total. The van der Waals surface area contributed by atoms with Crippen molar-refractivity contribution in [1.29, 1.82) is 0 Å². The van der Waals surface area contributed by atoms with Gasteiger partial charge in [0.25, 0.3) is 0 Å². The molecule has 1 aliphatic heterocycles. The van der Waals surface area contributed by atoms with E-state index in [2.05, 4.69) is 21.5 Å². The Bertz CT molecular complexity index is 557. The maximum atomic E-state index is 11.7. The van der Waals surface area contributed by atoms with E-state index in [0.29, 0.717) is 13.0 Å². The van der Waals surface area contributed by atoms with Gasteiger partial charge in [-0.15, -0.1) is 0 Å². The zero-order valence-corrected chi connectivity index (χ0v) is 14.8. The van der Waals surface area contributed by atoms with Crippen molar-refractivity contribution >= 4 is 10.0 Å². The number of nitrogens with zero attached hydrogens (tertiary/aromatic N) is 2. The van der Waals surface area contributed by atoms with Crippen molar-refractivity contribution in [3.8, 4) is 5.75 Å². The lowest BCUT2D eigenvalue weighted by molar-refractivity contribution is 0.0809. The van der Waals surface area contributed by atoms with Crippen molar-refractivity contribution in [2.75, 3.05) is 25.4 Å². The smallest absolute Gasteiger partial charge is 0.211 e. The van der Waals surface area contributed by atoms with Gasteiger partial charge in [-0.3, -0.25) is 9.88 Å². The average Bonchev–Trinajstić information content (AvgIpc) is 2.54. The van der Waals surface area contributed by atoms with Crippen LogP contribution >= 0.6 is 0 Å². The van der Waals surface area contributed by atoms with Gasteiger partial charge in [0.2, 0.25) is 10.0 Å². The zero-order chi connectivity index (χ0) is 16.7. The van der Waals surface area contributed by atoms with Crippen LogP contribution in [-0.4, -0.2) is 55.8 Å². The van der Waals surface area contributed by atoms with Gasteiger partial charge >= 0.3 is 0 Å². The third kappa shape index (κ3) is 6.08. The standard InChI is InChI=1S/C16H27N3O3S/c1-3-12-23(20,21)18-13-14(2)19-10-6-16(7-11-19)22-15-4-8-17-9-5-15/h4-5,8-9,14,16,18H,3,6-7,10-13H2,1-2H3/t14-/m1/s1. The third-order valence-corrected chi connectivity index (χ3v) is 5.68. The molecule has 6 nitrogen and oxygen atoms in total. The molecule has 0 unspecified atom stereocenters. The van der Waals surface area contributed by atoms with Crippen LogP contribution < -0.4 is 9.46 Å². The van der Waals surface area contributed by atoms with Gasteiger partial charge in [0.1, 0.15) is 11.9 Å². The minimum absolute atomic E-state index is 0.196. The van der Waals surface area contributed by atoms with Crippen LogP contribution in [0.5, 0.6) is 5.75 Å². The summed E-state index contributed by atoms with van der Waals surface area (Å²) in [5.41, 5.74) is 0. The van der Waals surface area contributed by atoms with Gasteiger partial charge in [0.15, 0.2) is 0 Å². The molecule has 1 aromatic heterocycles. The molecule has 1 saturated heterocycles. The Hall–Kier alpha value is -1.18. The van der Waals surface area contributed by atoms with Gasteiger partial charge < -0.3 is 4.74 Å². The first-order valence-electron chi connectivity index (χ1n) is 8.28. The molecule has 130 valence electrons. The van der Waals surface area contributed by atoms with Crippen LogP contribution in [0, 0.1) is 0 Å². The molecule has 0 bridgehead atoms. The number of pyridine rings is 1. The van der Waals surface area contributed by atoms with Crippen LogP contribution in [0.2, 0.25) is 0 Å². The summed E-state index contributed by atoms with van der Waals surface area (Å²) in [6.07, 6.45) is 6.23. The minimum Gasteiger partial charge on any atom is -0.490 e. The summed E-state index contributed by atoms with van der Waals surface area (Å²) < 4.78 is 32.1. The molecule has 1 aromatic rings. The number of hydrogen-bond acceptors (Lipinski definition) is 5. The fourth-order valence-electron chi connectivity index (χ4n) is 2.76. The predicted molar refractivity (Wildman–Crippen MR) is 91.0 cm³/mol. The van der Waals surface area contributed by atoms with Crippen molar-refractivity contribution in [3.05, 3.63) is 24.5 Å². The van der Waals surface area contributed by atoms with Crippen LogP contribution in [0.15, 0.2) is 24.5 Å². The minimum atomic E-state index is -3.12. The van der Waals surface area contributed by atoms with Gasteiger partial charge in [0.05, 0.1) is 5.75 Å². The Morgan fingerprint density at radius 2 is 2.00 bits per heavy atom. The molecule has 2 heterocycles. The summed E-state index contributed by atoms with van der Waals surface area (Å²) in [4.78, 5) is 6.30. The van der Waals surface area contributed by atoms with Crippen LogP contribution in [-0.2, 0) is 10.0 Å². The summed E-state index contributed by atoms with van der Waals surface area (Å²) in [5, 5.41) is 0. The Kier molecular flexibility index (Phi) is 6.80. The molecule has 7 heteroatoms. The van der Waals surface area contributed by atoms with Gasteiger partial charge in [-0.2, -0.15) is 0 Å². The molecule has 1 aliphatic rings. The number of ether oxygens (including phenoxy) is 1. The second-order valence-corrected chi connectivity index (χ2v) is 7.98. The SMILES string of the molecule is CCCS(=O)(=O)NC[C@@H](C)N1CCC(Oc2ccncc2)CC1. The van der Waals surface area contributed by atoms with Crippen molar-refractivity contribution in [1.82, 2.24) is 14.6 Å². The van der Waals surface area contributed by atoms with E-state index in [0.717, 1.165) is 31.7 Å². The lowest BCUT2D eigenvalue weighted by atomic mass is 10.1. The molecule has 23 heavy (non-hydrogen) atoms. The lowest BCUT2D eigenvalue weighted by Crippen LogP contribution is -2.47. The van der Waals surface area contributed by atoms with Gasteiger partial charge in [-0.25, -0.2) is 13.1 Å². The molecule has 1 fully saturated rings. The van der Waals surface area contributed by atoms with Crippen molar-refractivity contribution < 1.29 is 13.2 Å². The summed E-state index contributed by atoms with van der Waals surface area (Å²) in [5.74, 6) is 1.06. The Labute approximate surface area is 139 Å². The van der Waals surface area contributed by atoms with E-state index in [1.54, 1.807) is 12.4 Å². The molecule has 0 aromatic carbocycles. The number of piperidine rings is 1. The molecule has 0 radical (unpaired) electrons. The first-order chi connectivity index (χ1) is 11.0. The molecule has 1 atom stereocenters. The third-order valence-electron chi connectivity index (χ3n) is 4.12. The number of aromatic nitrogens is 1. The Morgan fingerprint density at radius 1 is 1.35 bits per heavy atom. The molecule has 0 spiro atoms. The van der Waals surface area contributed by atoms with E-state index < -0.39 is 10.0 Å². The molecule has 0 aliphatic carbocycles. The van der Waals surface area contributed by atoms with Crippen LogP contribution in [0.1, 0.15) is 33.1 Å². The van der Waals surface area contributed by atoms with Gasteiger partial charge in [-0.1, -0.05) is 6.92 Å². The number of hydrogen-bond donors (Lipinski definition) is 1. The summed E-state index contributed by atoms with van der Waals surface area (Å²) in [6.45, 7) is 6.26. The predicted octanol–water partition coefficient (Wildman–Crippen LogP) is 1.64. The summed E-state index contributed by atoms with van der Waals surface area (Å²) in [7, 11) is -3.12. The highest BCUT2D eigenvalue weighted by Crippen LogP contribution is 2.19. The van der Waals surface area contributed by atoms with Crippen LogP contribution in [0.4, 0.5) is 0 Å². The Morgan fingerprint density at radius 3 is 2.61 bits per heavy atom. The number of nitrogens with one attached hydrogen (secondary N) is 1. The molecular weight excluding hydrogens is 314 g/mol. The number of likely N-dealkylation sites (tertiary alicyclic amines) is 1. The fourth-order valence-corrected chi connectivity index (χ4v) is 3.94. The monoisotopic (exact) mass is 341 g/mol. The van der Waals surface area contributed by atoms with Crippen LogP contribution in [0.25, 0.3) is 0 Å². The van der Waals surface area contributed by atoms with E-state index in [-0.39, 0.29) is 17.9 Å². The second-order valence-electron chi connectivity index (χ2n) is 6.05. The topological polar surface area (TPSA) is 71.5 Å². The van der Waals surface area contributed by atoms with Crippen LogP contribution in [0.3, 0.4) is 0 Å². The van der Waals surface area contributed by atoms with E-state index in [1.807, 2.05) is 19.1 Å². The van der Waals surface area contributed by atoms with E-state index in [9.17, 15) is 8.42 Å². The normalized spacial score (nSPS) is 18.7. The zero-order valence-electron chi connectivity index (χ0n) is 13.9. The van der Waals surface area contributed by atoms with Crippen molar-refractivity contribution in [2.24, 2.45) is 0 Å². The number of rotatable bonds is 8. The first kappa shape index (κ1) is 18.2. The highest BCUT2D eigenvalue weighted by Gasteiger charge is 2.24. The van der Waals surface area contributed by atoms with E-state index in [4.69, 9.17) is 4.74 Å². The Balaban J connectivity index is 1.73. The molecular formula is C16H27N3O3S. The average molecular weight is 341 g/mol. The lowest BCUT2D eigenvalue weighted by Gasteiger charge is -2.36. The largest absolute Gasteiger partial charge is 0.490 e. The quantitative estimate of drug-likeness (QED) is 0.778. The van der Waals surface area contributed by atoms with Gasteiger partial charge in [-0.05, 0) is 38.3 Å². The molecule has 0 saturated carbocycles.